The van der Waals surface area contributed by atoms with Crippen molar-refractivity contribution in [3.63, 3.8) is 0 Å². The lowest BCUT2D eigenvalue weighted by atomic mass is 9.98. The quantitative estimate of drug-likeness (QED) is 0.403. The van der Waals surface area contributed by atoms with Crippen LogP contribution in [-0.2, 0) is 10.3 Å². The summed E-state index contributed by atoms with van der Waals surface area (Å²) in [5.41, 5.74) is 3.64. The molecule has 0 saturated carbocycles. The van der Waals surface area contributed by atoms with Crippen LogP contribution in [0.25, 0.3) is 5.57 Å². The van der Waals surface area contributed by atoms with Crippen LogP contribution in [0.5, 0.6) is 0 Å². The second kappa shape index (κ2) is 11.6. The largest absolute Gasteiger partial charge is 0.368 e. The number of dihydropyridines is 1. The molecule has 0 bridgehead atoms. The molecule has 192 valence electrons. The Morgan fingerprint density at radius 2 is 1.87 bits per heavy atom. The first-order chi connectivity index (χ1) is 18.3. The summed E-state index contributed by atoms with van der Waals surface area (Å²) in [5.74, 6) is -0.00214. The third-order valence-electron chi connectivity index (χ3n) is 6.58. The summed E-state index contributed by atoms with van der Waals surface area (Å²) in [6, 6.07) is 21.0. The van der Waals surface area contributed by atoms with E-state index in [4.69, 9.17) is 5.26 Å². The molecule has 8 heteroatoms. The molecule has 3 N–H and O–H groups in total. The van der Waals surface area contributed by atoms with E-state index < -0.39 is 11.6 Å². The van der Waals surface area contributed by atoms with Crippen LogP contribution in [0, 0.1) is 22.7 Å². The predicted octanol–water partition coefficient (Wildman–Crippen LogP) is 4.09. The van der Waals surface area contributed by atoms with Crippen LogP contribution >= 0.6 is 0 Å². The number of amides is 1. The van der Waals surface area contributed by atoms with E-state index in [0.29, 0.717) is 12.1 Å². The highest BCUT2D eigenvalue weighted by Crippen LogP contribution is 2.22. The van der Waals surface area contributed by atoms with Crippen molar-refractivity contribution < 1.29 is 4.79 Å². The molecule has 2 heterocycles. The fourth-order valence-electron chi connectivity index (χ4n) is 4.12. The average Bonchev–Trinajstić information content (AvgIpc) is 3.45. The number of benzene rings is 2. The number of hydrogen-bond donors (Lipinski definition) is 3. The van der Waals surface area contributed by atoms with Crippen LogP contribution < -0.4 is 16.0 Å². The van der Waals surface area contributed by atoms with Gasteiger partial charge in [0.15, 0.2) is 0 Å². The molecule has 1 aliphatic rings. The zero-order chi connectivity index (χ0) is 27.1. The van der Waals surface area contributed by atoms with E-state index in [0.717, 1.165) is 22.3 Å². The number of carbonyl (C=O) groups is 1. The zero-order valence-electron chi connectivity index (χ0n) is 21.7. The van der Waals surface area contributed by atoms with Crippen molar-refractivity contribution >= 4 is 11.5 Å². The maximum Gasteiger partial charge on any atom is 0.243 e. The Kier molecular flexibility index (Phi) is 8.06. The molecule has 8 nitrogen and oxygen atoms in total. The third-order valence-corrected chi connectivity index (χ3v) is 6.58. The van der Waals surface area contributed by atoms with Crippen LogP contribution in [0.2, 0.25) is 0 Å². The first-order valence-corrected chi connectivity index (χ1v) is 12.5. The third kappa shape index (κ3) is 6.18. The summed E-state index contributed by atoms with van der Waals surface area (Å²) in [4.78, 5) is 13.4. The Morgan fingerprint density at radius 3 is 2.50 bits per heavy atom. The summed E-state index contributed by atoms with van der Waals surface area (Å²) in [7, 11) is 0. The van der Waals surface area contributed by atoms with Crippen LogP contribution in [0.3, 0.4) is 0 Å². The number of nitriles is 2. The highest BCUT2D eigenvalue weighted by molar-refractivity contribution is 5.84. The Bertz CT molecular complexity index is 1410. The predicted molar refractivity (Wildman–Crippen MR) is 146 cm³/mol. The molecule has 0 aliphatic carbocycles. The lowest BCUT2D eigenvalue weighted by Gasteiger charge is -2.25. The molecule has 3 unspecified atom stereocenters. The van der Waals surface area contributed by atoms with E-state index in [9.17, 15) is 10.1 Å². The lowest BCUT2D eigenvalue weighted by Crippen LogP contribution is -2.48. The van der Waals surface area contributed by atoms with Gasteiger partial charge in [0, 0.05) is 30.1 Å². The summed E-state index contributed by atoms with van der Waals surface area (Å²) in [6.45, 7) is 6.29. The fourth-order valence-corrected chi connectivity index (χ4v) is 4.12. The SMILES string of the molecule is CC(CNC(C(=O)NC1C=CC(c2cnn(C(C)(C)C#N)c2)=CN1)c1ccccc1)c1ccc(C#N)cc1. The molecule has 1 aromatic heterocycles. The fraction of sp³-hybridized carbons (Fsp3) is 0.267. The smallest absolute Gasteiger partial charge is 0.243 e. The van der Waals surface area contributed by atoms with E-state index in [-0.39, 0.29) is 18.0 Å². The average molecular weight is 506 g/mol. The molecule has 38 heavy (non-hydrogen) atoms. The number of allylic oxidation sites excluding steroid dienone is 2. The van der Waals surface area contributed by atoms with Gasteiger partial charge in [-0.3, -0.25) is 9.48 Å². The van der Waals surface area contributed by atoms with Gasteiger partial charge in [0.1, 0.15) is 17.7 Å². The van der Waals surface area contributed by atoms with Gasteiger partial charge >= 0.3 is 0 Å². The monoisotopic (exact) mass is 505 g/mol. The number of carbonyl (C=O) groups excluding carboxylic acids is 1. The van der Waals surface area contributed by atoms with Crippen molar-refractivity contribution in [2.45, 2.75) is 44.4 Å². The number of nitrogens with zero attached hydrogens (tertiary/aromatic N) is 4. The molecule has 4 rings (SSSR count). The van der Waals surface area contributed by atoms with Gasteiger partial charge in [-0.2, -0.15) is 15.6 Å². The maximum absolute atomic E-state index is 13.4. The van der Waals surface area contributed by atoms with Gasteiger partial charge in [-0.05, 0) is 49.1 Å². The topological polar surface area (TPSA) is 119 Å². The molecule has 0 fully saturated rings. The van der Waals surface area contributed by atoms with Gasteiger partial charge in [-0.25, -0.2) is 0 Å². The van der Waals surface area contributed by atoms with Crippen molar-refractivity contribution in [1.29, 1.82) is 10.5 Å². The molecule has 2 aromatic carbocycles. The normalized spacial score (nSPS) is 16.3. The first kappa shape index (κ1) is 26.4. The van der Waals surface area contributed by atoms with Gasteiger partial charge in [-0.15, -0.1) is 0 Å². The first-order valence-electron chi connectivity index (χ1n) is 12.5. The molecular formula is C30H31N7O. The van der Waals surface area contributed by atoms with E-state index in [1.165, 1.54) is 0 Å². The number of hydrogen-bond acceptors (Lipinski definition) is 6. The van der Waals surface area contributed by atoms with Gasteiger partial charge in [0.25, 0.3) is 0 Å². The molecule has 3 aromatic rings. The summed E-state index contributed by atoms with van der Waals surface area (Å²) in [6.07, 6.45) is 8.84. The summed E-state index contributed by atoms with van der Waals surface area (Å²) in [5, 5.41) is 32.4. The molecule has 3 atom stereocenters. The lowest BCUT2D eigenvalue weighted by molar-refractivity contribution is -0.123. The minimum absolute atomic E-state index is 0.145. The number of nitrogens with one attached hydrogen (secondary N) is 3. The Hall–Kier alpha value is -4.66. The molecule has 0 saturated heterocycles. The van der Waals surface area contributed by atoms with E-state index in [2.05, 4.69) is 40.1 Å². The Balaban J connectivity index is 1.40. The van der Waals surface area contributed by atoms with Crippen molar-refractivity contribution in [2.75, 3.05) is 6.54 Å². The van der Waals surface area contributed by atoms with Crippen molar-refractivity contribution in [2.24, 2.45) is 0 Å². The van der Waals surface area contributed by atoms with E-state index in [1.807, 2.05) is 79.1 Å². The van der Waals surface area contributed by atoms with Gasteiger partial charge < -0.3 is 16.0 Å². The van der Waals surface area contributed by atoms with Crippen LogP contribution in [0.15, 0.2) is 85.3 Å². The molecule has 1 amide bonds. The van der Waals surface area contributed by atoms with Gasteiger partial charge in [0.05, 0.1) is 23.9 Å². The summed E-state index contributed by atoms with van der Waals surface area (Å²) < 4.78 is 1.64. The maximum atomic E-state index is 13.4. The standard InChI is InChI=1S/C30H31N7O/c1-21(23-11-9-22(15-31)10-12-23)16-34-28(24-7-5-4-6-8-24)29(38)36-27-14-13-25(17-33-27)26-18-35-37(19-26)30(2,3)20-32/h4-14,17-19,21,27-28,33-34H,16H2,1-3H3,(H,36,38). The number of rotatable bonds is 9. The van der Waals surface area contributed by atoms with Crippen LogP contribution in [0.1, 0.15) is 55.0 Å². The second-order valence-electron chi connectivity index (χ2n) is 9.84. The molecular weight excluding hydrogens is 474 g/mol. The van der Waals surface area contributed by atoms with Crippen LogP contribution in [0.4, 0.5) is 0 Å². The molecule has 0 radical (unpaired) electrons. The minimum Gasteiger partial charge on any atom is -0.368 e. The van der Waals surface area contributed by atoms with Crippen molar-refractivity contribution in [3.8, 4) is 12.1 Å². The number of aromatic nitrogens is 2. The van der Waals surface area contributed by atoms with Gasteiger partial charge in [0.2, 0.25) is 5.91 Å². The Labute approximate surface area is 223 Å². The highest BCUT2D eigenvalue weighted by Gasteiger charge is 2.24. The molecule has 0 spiro atoms. The molecule has 1 aliphatic heterocycles. The highest BCUT2D eigenvalue weighted by atomic mass is 16.2. The zero-order valence-corrected chi connectivity index (χ0v) is 21.7. The van der Waals surface area contributed by atoms with E-state index in [1.54, 1.807) is 24.7 Å². The second-order valence-corrected chi connectivity index (χ2v) is 9.84. The van der Waals surface area contributed by atoms with Crippen LogP contribution in [-0.4, -0.2) is 28.4 Å². The minimum atomic E-state index is -0.738. The van der Waals surface area contributed by atoms with Gasteiger partial charge in [-0.1, -0.05) is 55.5 Å². The van der Waals surface area contributed by atoms with E-state index >= 15 is 0 Å². The summed E-state index contributed by atoms with van der Waals surface area (Å²) >= 11 is 0. The van der Waals surface area contributed by atoms with Crippen molar-refractivity contribution in [3.05, 3.63) is 108 Å². The Morgan fingerprint density at radius 1 is 1.13 bits per heavy atom. The van der Waals surface area contributed by atoms with Crippen molar-refractivity contribution in [1.82, 2.24) is 25.7 Å².